The Hall–Kier alpha value is -14.1. The second-order valence-electron chi connectivity index (χ2n) is 27.6. The van der Waals surface area contributed by atoms with Crippen LogP contribution in [0, 0.1) is 0 Å². The van der Waals surface area contributed by atoms with Gasteiger partial charge in [-0.1, -0.05) is 285 Å². The summed E-state index contributed by atoms with van der Waals surface area (Å²) in [6.07, 6.45) is 0. The predicted octanol–water partition coefficient (Wildman–Crippen LogP) is 27.4. The summed E-state index contributed by atoms with van der Waals surface area (Å²) in [6.45, 7) is 0. The van der Waals surface area contributed by atoms with Gasteiger partial charge in [0, 0.05) is 65.8 Å². The molecule has 0 N–H and O–H groups in total. The number of hydrogen-bond donors (Lipinski definition) is 0. The van der Waals surface area contributed by atoms with E-state index in [1.54, 1.807) is 0 Å². The molecule has 496 valence electrons. The summed E-state index contributed by atoms with van der Waals surface area (Å²) < 4.78 is 9.63. The third-order valence-electron chi connectivity index (χ3n) is 21.4. The van der Waals surface area contributed by atoms with Gasteiger partial charge in [-0.25, -0.2) is 0 Å². The lowest BCUT2D eigenvalue weighted by molar-refractivity contribution is 1.18. The maximum absolute atomic E-state index is 2.44. The zero-order valence-electron chi connectivity index (χ0n) is 58.0. The van der Waals surface area contributed by atoms with Crippen molar-refractivity contribution in [1.29, 1.82) is 0 Å². The number of aromatic nitrogens is 4. The summed E-state index contributed by atoms with van der Waals surface area (Å²) in [5.41, 5.74) is 31.2. The third-order valence-corrected chi connectivity index (χ3v) is 21.4. The van der Waals surface area contributed by atoms with Crippen LogP contribution >= 0.6 is 0 Å². The molecule has 0 aliphatic carbocycles. The SMILES string of the molecule is c1ccc(-c2ccc(-n3c4ccccc4c4cc(-c5ccc6c(c5)c5ccccc5n6-c5cc(-c6ccccc6)cc(-c6ccccc6)c5)ccc43)cc2)cc1.c1ccc(-c2ccc(-n3c4ccccc4c4cc(-c5ccc6c(c5)c5ccccc5n6-c5cccc(-c6ccccc6)c5)ccc43)cc2)cc1. The highest BCUT2D eigenvalue weighted by molar-refractivity contribution is 6.15. The van der Waals surface area contributed by atoms with E-state index in [1.165, 1.54) is 165 Å². The molecule has 0 fully saturated rings. The number of para-hydroxylation sites is 4. The predicted molar refractivity (Wildman–Crippen MR) is 448 cm³/mol. The fraction of sp³-hybridized carbons (Fsp3) is 0. The molecule has 17 aromatic carbocycles. The van der Waals surface area contributed by atoms with Gasteiger partial charge in [0.25, 0.3) is 0 Å². The molecule has 21 aromatic rings. The first-order valence-corrected chi connectivity index (χ1v) is 36.4. The quantitative estimate of drug-likeness (QED) is 0.123. The molecule has 4 nitrogen and oxygen atoms in total. The Balaban J connectivity index is 0.000000141. The Morgan fingerprint density at radius 1 is 0.104 bits per heavy atom. The highest BCUT2D eigenvalue weighted by Gasteiger charge is 2.21. The molecular weight excluding hydrogens is 1280 g/mol. The molecule has 0 radical (unpaired) electrons. The number of hydrogen-bond acceptors (Lipinski definition) is 0. The van der Waals surface area contributed by atoms with Crippen molar-refractivity contribution in [2.45, 2.75) is 0 Å². The Kier molecular flexibility index (Phi) is 15.2. The first-order valence-electron chi connectivity index (χ1n) is 36.4. The van der Waals surface area contributed by atoms with Crippen LogP contribution < -0.4 is 0 Å². The van der Waals surface area contributed by atoms with Gasteiger partial charge in [0.15, 0.2) is 0 Å². The van der Waals surface area contributed by atoms with Crippen LogP contribution in [0.4, 0.5) is 0 Å². The van der Waals surface area contributed by atoms with E-state index in [0.717, 1.165) is 22.7 Å². The van der Waals surface area contributed by atoms with Gasteiger partial charge in [-0.3, -0.25) is 0 Å². The number of benzene rings is 17. The molecule has 21 rings (SSSR count). The summed E-state index contributed by atoms with van der Waals surface area (Å²) in [5.74, 6) is 0. The minimum absolute atomic E-state index is 1.15. The second-order valence-corrected chi connectivity index (χ2v) is 27.6. The smallest absolute Gasteiger partial charge is 0.0541 e. The monoisotopic (exact) mass is 1350 g/mol. The van der Waals surface area contributed by atoms with Gasteiger partial charge in [0.2, 0.25) is 0 Å². The van der Waals surface area contributed by atoms with Crippen LogP contribution in [0.5, 0.6) is 0 Å². The molecule has 0 saturated heterocycles. The highest BCUT2D eigenvalue weighted by atomic mass is 15.0. The van der Waals surface area contributed by atoms with E-state index < -0.39 is 0 Å². The van der Waals surface area contributed by atoms with E-state index in [9.17, 15) is 0 Å². The molecule has 4 aromatic heterocycles. The lowest BCUT2D eigenvalue weighted by atomic mass is 9.98. The molecule has 0 saturated carbocycles. The Labute approximate surface area is 614 Å². The summed E-state index contributed by atoms with van der Waals surface area (Å²) in [6, 6.07) is 150. The molecule has 4 heteroatoms. The van der Waals surface area contributed by atoms with Crippen molar-refractivity contribution in [3.05, 3.63) is 413 Å². The first kappa shape index (κ1) is 61.8. The van der Waals surface area contributed by atoms with Crippen LogP contribution in [0.25, 0.3) is 188 Å². The lowest BCUT2D eigenvalue weighted by Crippen LogP contribution is -1.96. The molecule has 0 unspecified atom stereocenters. The van der Waals surface area contributed by atoms with Crippen molar-refractivity contribution in [3.8, 4) is 101 Å². The summed E-state index contributed by atoms with van der Waals surface area (Å²) >= 11 is 0. The van der Waals surface area contributed by atoms with E-state index in [2.05, 4.69) is 431 Å². The van der Waals surface area contributed by atoms with Gasteiger partial charge in [-0.2, -0.15) is 0 Å². The van der Waals surface area contributed by atoms with Gasteiger partial charge in [-0.05, 0) is 205 Å². The average molecular weight is 1350 g/mol. The van der Waals surface area contributed by atoms with Gasteiger partial charge < -0.3 is 18.3 Å². The van der Waals surface area contributed by atoms with Crippen molar-refractivity contribution in [2.24, 2.45) is 0 Å². The van der Waals surface area contributed by atoms with Gasteiger partial charge in [0.05, 0.1) is 44.1 Å². The van der Waals surface area contributed by atoms with Crippen molar-refractivity contribution < 1.29 is 0 Å². The Morgan fingerprint density at radius 2 is 0.321 bits per heavy atom. The minimum atomic E-state index is 1.15. The summed E-state index contributed by atoms with van der Waals surface area (Å²) in [5, 5.41) is 10.0. The summed E-state index contributed by atoms with van der Waals surface area (Å²) in [7, 11) is 0. The number of rotatable bonds is 11. The van der Waals surface area contributed by atoms with E-state index in [-0.39, 0.29) is 0 Å². The fourth-order valence-corrected chi connectivity index (χ4v) is 16.4. The van der Waals surface area contributed by atoms with Crippen molar-refractivity contribution in [3.63, 3.8) is 0 Å². The molecular formula is C102H68N4. The maximum atomic E-state index is 2.44. The van der Waals surface area contributed by atoms with Crippen LogP contribution in [0.2, 0.25) is 0 Å². The Bertz CT molecular complexity index is 6820. The Morgan fingerprint density at radius 3 is 0.651 bits per heavy atom. The van der Waals surface area contributed by atoms with Crippen molar-refractivity contribution in [1.82, 2.24) is 18.3 Å². The second kappa shape index (κ2) is 26.1. The number of nitrogens with zero attached hydrogens (tertiary/aromatic N) is 4. The fourth-order valence-electron chi connectivity index (χ4n) is 16.4. The molecule has 0 bridgehead atoms. The summed E-state index contributed by atoms with van der Waals surface area (Å²) in [4.78, 5) is 0. The minimum Gasteiger partial charge on any atom is -0.309 e. The standard InChI is InChI=1S/C54H36N2.C48H32N2/c1-4-14-37(15-5-1)40-24-28-45(29-25-40)55-51-22-12-10-20-47(51)49-35-41(26-30-53(49)55)42-27-31-54-50(36-42)48-21-11-13-23-52(48)56(54)46-33-43(38-16-6-2-7-17-38)32-44(34-46)39-18-8-3-9-19-39;1-3-12-33(13-4-1)35-22-26-39(27-23-35)49-45-20-9-7-18-41(45)43-31-37(24-28-47(43)49)38-25-29-48-44(32-38)42-19-8-10-21-46(42)50(48)40-17-11-16-36(30-40)34-14-5-2-6-15-34/h1-36H;1-32H. The van der Waals surface area contributed by atoms with Crippen LogP contribution in [-0.2, 0) is 0 Å². The van der Waals surface area contributed by atoms with E-state index >= 15 is 0 Å². The molecule has 0 aliphatic heterocycles. The molecule has 4 heterocycles. The van der Waals surface area contributed by atoms with Crippen LogP contribution in [-0.4, -0.2) is 18.3 Å². The molecule has 106 heavy (non-hydrogen) atoms. The zero-order valence-corrected chi connectivity index (χ0v) is 58.0. The zero-order chi connectivity index (χ0) is 70.0. The molecule has 0 amide bonds. The highest BCUT2D eigenvalue weighted by Crippen LogP contribution is 2.43. The molecule has 0 atom stereocenters. The normalized spacial score (nSPS) is 11.6. The van der Waals surface area contributed by atoms with Gasteiger partial charge in [-0.15, -0.1) is 0 Å². The van der Waals surface area contributed by atoms with Crippen LogP contribution in [0.1, 0.15) is 0 Å². The van der Waals surface area contributed by atoms with E-state index in [4.69, 9.17) is 0 Å². The van der Waals surface area contributed by atoms with Crippen molar-refractivity contribution >= 4 is 87.2 Å². The molecule has 0 aliphatic rings. The number of fused-ring (bicyclic) bond motifs is 12. The van der Waals surface area contributed by atoms with Crippen molar-refractivity contribution in [2.75, 3.05) is 0 Å². The topological polar surface area (TPSA) is 19.7 Å². The molecule has 0 spiro atoms. The maximum Gasteiger partial charge on any atom is 0.0541 e. The lowest BCUT2D eigenvalue weighted by Gasteiger charge is -2.14. The average Bonchev–Trinajstić information content (AvgIpc) is 1.60. The van der Waals surface area contributed by atoms with Gasteiger partial charge in [0.1, 0.15) is 0 Å². The van der Waals surface area contributed by atoms with Crippen LogP contribution in [0.3, 0.4) is 0 Å². The van der Waals surface area contributed by atoms with Crippen LogP contribution in [0.15, 0.2) is 413 Å². The van der Waals surface area contributed by atoms with E-state index in [1.807, 2.05) is 0 Å². The third kappa shape index (κ3) is 10.9. The first-order chi connectivity index (χ1) is 52.6. The van der Waals surface area contributed by atoms with Gasteiger partial charge >= 0.3 is 0 Å². The largest absolute Gasteiger partial charge is 0.309 e. The van der Waals surface area contributed by atoms with E-state index in [0.29, 0.717) is 0 Å².